The van der Waals surface area contributed by atoms with Crippen LogP contribution in [0.15, 0.2) is 18.2 Å². The van der Waals surface area contributed by atoms with Crippen molar-refractivity contribution in [3.63, 3.8) is 0 Å². The molecule has 20 heavy (non-hydrogen) atoms. The lowest BCUT2D eigenvalue weighted by atomic mass is 10.2. The maximum atomic E-state index is 11.0. The van der Waals surface area contributed by atoms with Crippen LogP contribution in [0.5, 0.6) is 5.75 Å². The molecular weight excluding hydrogens is 258 g/mol. The highest BCUT2D eigenvalue weighted by molar-refractivity contribution is 5.48. The third kappa shape index (κ3) is 3.91. The molecule has 6 nitrogen and oxygen atoms in total. The van der Waals surface area contributed by atoms with Gasteiger partial charge in [-0.2, -0.15) is 0 Å². The standard InChI is InChI=1S/C14H21N3O3/c15-11-12-4-5-14(13(10-12)17(18)19)20-9-3-8-16-6-1-2-7-16/h4-5,10H,1-3,6-9,11,15H2. The molecule has 0 amide bonds. The van der Waals surface area contributed by atoms with Crippen LogP contribution in [-0.2, 0) is 6.54 Å². The monoisotopic (exact) mass is 279 g/mol. The van der Waals surface area contributed by atoms with E-state index in [0.29, 0.717) is 12.4 Å². The molecule has 2 rings (SSSR count). The molecule has 0 unspecified atom stereocenters. The lowest BCUT2D eigenvalue weighted by molar-refractivity contribution is -0.385. The maximum absolute atomic E-state index is 11.0. The second kappa shape index (κ2) is 7.21. The lowest BCUT2D eigenvalue weighted by Gasteiger charge is -2.14. The van der Waals surface area contributed by atoms with Gasteiger partial charge in [0.1, 0.15) is 0 Å². The molecule has 0 atom stereocenters. The third-order valence-corrected chi connectivity index (χ3v) is 3.53. The van der Waals surface area contributed by atoms with Gasteiger partial charge in [0.25, 0.3) is 0 Å². The van der Waals surface area contributed by atoms with Crippen LogP contribution in [0.25, 0.3) is 0 Å². The molecule has 0 aromatic heterocycles. The number of benzene rings is 1. The van der Waals surface area contributed by atoms with E-state index in [2.05, 4.69) is 4.90 Å². The largest absolute Gasteiger partial charge is 0.487 e. The number of hydrogen-bond acceptors (Lipinski definition) is 5. The summed E-state index contributed by atoms with van der Waals surface area (Å²) in [6.45, 7) is 4.10. The van der Waals surface area contributed by atoms with E-state index < -0.39 is 4.92 Å². The molecular formula is C14H21N3O3. The van der Waals surface area contributed by atoms with Crippen molar-refractivity contribution in [1.82, 2.24) is 4.90 Å². The van der Waals surface area contributed by atoms with E-state index in [9.17, 15) is 10.1 Å². The van der Waals surface area contributed by atoms with Gasteiger partial charge in [0.05, 0.1) is 11.5 Å². The topological polar surface area (TPSA) is 81.6 Å². The summed E-state index contributed by atoms with van der Waals surface area (Å²) in [6.07, 6.45) is 3.43. The fourth-order valence-electron chi connectivity index (χ4n) is 2.43. The Morgan fingerprint density at radius 1 is 1.35 bits per heavy atom. The average molecular weight is 279 g/mol. The van der Waals surface area contributed by atoms with E-state index in [1.807, 2.05) is 0 Å². The van der Waals surface area contributed by atoms with Gasteiger partial charge in [-0.3, -0.25) is 10.1 Å². The van der Waals surface area contributed by atoms with Crippen LogP contribution in [0.4, 0.5) is 5.69 Å². The molecule has 2 N–H and O–H groups in total. The number of nitrogens with zero attached hydrogens (tertiary/aromatic N) is 2. The van der Waals surface area contributed by atoms with E-state index >= 15 is 0 Å². The molecule has 110 valence electrons. The van der Waals surface area contributed by atoms with Crippen molar-refractivity contribution in [3.8, 4) is 5.75 Å². The lowest BCUT2D eigenvalue weighted by Crippen LogP contribution is -2.22. The summed E-state index contributed by atoms with van der Waals surface area (Å²) in [4.78, 5) is 13.0. The van der Waals surface area contributed by atoms with Gasteiger partial charge in [-0.1, -0.05) is 6.07 Å². The zero-order valence-corrected chi connectivity index (χ0v) is 11.6. The molecule has 1 aliphatic heterocycles. The highest BCUT2D eigenvalue weighted by Gasteiger charge is 2.16. The summed E-state index contributed by atoms with van der Waals surface area (Å²) >= 11 is 0. The second-order valence-corrected chi connectivity index (χ2v) is 5.01. The third-order valence-electron chi connectivity index (χ3n) is 3.53. The number of likely N-dealkylation sites (tertiary alicyclic amines) is 1. The van der Waals surface area contributed by atoms with Gasteiger partial charge in [0, 0.05) is 19.2 Å². The minimum Gasteiger partial charge on any atom is -0.487 e. The number of nitrogens with two attached hydrogens (primary N) is 1. The van der Waals surface area contributed by atoms with Gasteiger partial charge in [-0.05, 0) is 44.0 Å². The molecule has 1 saturated heterocycles. The summed E-state index contributed by atoms with van der Waals surface area (Å²) in [6, 6.07) is 4.88. The Labute approximate surface area is 118 Å². The first-order valence-electron chi connectivity index (χ1n) is 7.03. The Balaban J connectivity index is 1.86. The molecule has 1 aromatic rings. The SMILES string of the molecule is NCc1ccc(OCCCN2CCCC2)c([N+](=O)[O-])c1. The molecule has 1 aromatic carbocycles. The van der Waals surface area contributed by atoms with Crippen LogP contribution in [-0.4, -0.2) is 36.1 Å². The summed E-state index contributed by atoms with van der Waals surface area (Å²) in [5.41, 5.74) is 6.22. The number of rotatable bonds is 7. The first-order chi connectivity index (χ1) is 9.70. The van der Waals surface area contributed by atoms with Crippen molar-refractivity contribution in [3.05, 3.63) is 33.9 Å². The van der Waals surface area contributed by atoms with Crippen LogP contribution in [0.1, 0.15) is 24.8 Å². The molecule has 0 bridgehead atoms. The Kier molecular flexibility index (Phi) is 5.31. The van der Waals surface area contributed by atoms with Crippen molar-refractivity contribution in [1.29, 1.82) is 0 Å². The number of ether oxygens (including phenoxy) is 1. The predicted molar refractivity (Wildman–Crippen MR) is 76.8 cm³/mol. The predicted octanol–water partition coefficient (Wildman–Crippen LogP) is 1.92. The van der Waals surface area contributed by atoms with E-state index in [1.165, 1.54) is 18.9 Å². The number of hydrogen-bond donors (Lipinski definition) is 1. The van der Waals surface area contributed by atoms with Crippen molar-refractivity contribution < 1.29 is 9.66 Å². The van der Waals surface area contributed by atoms with E-state index in [0.717, 1.165) is 31.6 Å². The summed E-state index contributed by atoms with van der Waals surface area (Å²) in [5, 5.41) is 11.0. The van der Waals surface area contributed by atoms with E-state index in [1.54, 1.807) is 12.1 Å². The smallest absolute Gasteiger partial charge is 0.311 e. The first-order valence-corrected chi connectivity index (χ1v) is 7.03. The van der Waals surface area contributed by atoms with Gasteiger partial charge in [0.15, 0.2) is 5.75 Å². The van der Waals surface area contributed by atoms with Gasteiger partial charge in [-0.15, -0.1) is 0 Å². The quantitative estimate of drug-likeness (QED) is 0.468. The normalized spacial score (nSPS) is 15.4. The summed E-state index contributed by atoms with van der Waals surface area (Å²) in [7, 11) is 0. The molecule has 1 fully saturated rings. The molecule has 0 spiro atoms. The van der Waals surface area contributed by atoms with Crippen LogP contribution in [0.2, 0.25) is 0 Å². The van der Waals surface area contributed by atoms with Crippen LogP contribution < -0.4 is 10.5 Å². The van der Waals surface area contributed by atoms with Crippen LogP contribution in [0, 0.1) is 10.1 Å². The van der Waals surface area contributed by atoms with Crippen molar-refractivity contribution in [2.24, 2.45) is 5.73 Å². The van der Waals surface area contributed by atoms with Crippen molar-refractivity contribution in [2.75, 3.05) is 26.2 Å². The maximum Gasteiger partial charge on any atom is 0.311 e. The van der Waals surface area contributed by atoms with Gasteiger partial charge >= 0.3 is 5.69 Å². The zero-order valence-electron chi connectivity index (χ0n) is 11.6. The minimum atomic E-state index is -0.422. The van der Waals surface area contributed by atoms with Crippen molar-refractivity contribution in [2.45, 2.75) is 25.8 Å². The molecule has 0 radical (unpaired) electrons. The first kappa shape index (κ1) is 14.7. The fourth-order valence-corrected chi connectivity index (χ4v) is 2.43. The van der Waals surface area contributed by atoms with Crippen LogP contribution in [0.3, 0.4) is 0 Å². The highest BCUT2D eigenvalue weighted by atomic mass is 16.6. The average Bonchev–Trinajstić information content (AvgIpc) is 2.96. The molecule has 1 aliphatic rings. The number of nitro groups is 1. The van der Waals surface area contributed by atoms with Gasteiger partial charge in [-0.25, -0.2) is 0 Å². The Morgan fingerprint density at radius 3 is 2.75 bits per heavy atom. The van der Waals surface area contributed by atoms with E-state index in [4.69, 9.17) is 10.5 Å². The molecule has 0 saturated carbocycles. The fraction of sp³-hybridized carbons (Fsp3) is 0.571. The molecule has 1 heterocycles. The molecule has 0 aliphatic carbocycles. The Morgan fingerprint density at radius 2 is 2.10 bits per heavy atom. The number of nitro benzene ring substituents is 1. The van der Waals surface area contributed by atoms with E-state index in [-0.39, 0.29) is 12.2 Å². The minimum absolute atomic E-state index is 0.00544. The Bertz CT molecular complexity index is 459. The summed E-state index contributed by atoms with van der Waals surface area (Å²) < 4.78 is 5.55. The molecule has 6 heteroatoms. The van der Waals surface area contributed by atoms with Gasteiger partial charge in [0.2, 0.25) is 0 Å². The van der Waals surface area contributed by atoms with Gasteiger partial charge < -0.3 is 15.4 Å². The highest BCUT2D eigenvalue weighted by Crippen LogP contribution is 2.28. The van der Waals surface area contributed by atoms with Crippen molar-refractivity contribution >= 4 is 5.69 Å². The second-order valence-electron chi connectivity index (χ2n) is 5.01. The van der Waals surface area contributed by atoms with Crippen LogP contribution >= 0.6 is 0 Å². The summed E-state index contributed by atoms with van der Waals surface area (Å²) in [5.74, 6) is 0.327. The zero-order chi connectivity index (χ0) is 14.4. The Hall–Kier alpha value is -1.66.